The predicted molar refractivity (Wildman–Crippen MR) is 274 cm³/mol. The summed E-state index contributed by atoms with van der Waals surface area (Å²) < 4.78 is 9.01. The zero-order valence-corrected chi connectivity index (χ0v) is 35.4. The van der Waals surface area contributed by atoms with Crippen molar-refractivity contribution >= 4 is 82.4 Å². The van der Waals surface area contributed by atoms with Crippen LogP contribution in [-0.2, 0) is 0 Å². The molecule has 13 rings (SSSR count). The molecule has 0 atom stereocenters. The van der Waals surface area contributed by atoms with E-state index in [2.05, 4.69) is 252 Å². The summed E-state index contributed by atoms with van der Waals surface area (Å²) in [7, 11) is 0. The van der Waals surface area contributed by atoms with Gasteiger partial charge in [0.1, 0.15) is 11.2 Å². The normalized spacial score (nSPS) is 11.7. The van der Waals surface area contributed by atoms with Gasteiger partial charge in [0.25, 0.3) is 0 Å². The van der Waals surface area contributed by atoms with Crippen molar-refractivity contribution in [1.29, 1.82) is 0 Å². The number of para-hydroxylation sites is 3. The maximum atomic E-state index is 6.62. The summed E-state index contributed by atoms with van der Waals surface area (Å²) in [5.41, 5.74) is 15.4. The van der Waals surface area contributed by atoms with Crippen LogP contribution >= 0.6 is 0 Å². The van der Waals surface area contributed by atoms with E-state index in [-0.39, 0.29) is 0 Å². The summed E-state index contributed by atoms with van der Waals surface area (Å²) >= 11 is 0. The molecular weight excluding hydrogens is 789 g/mol. The Labute approximate surface area is 376 Å². The van der Waals surface area contributed by atoms with E-state index in [0.717, 1.165) is 61.4 Å². The van der Waals surface area contributed by atoms with Gasteiger partial charge in [-0.2, -0.15) is 0 Å². The number of aromatic nitrogens is 1. The first-order valence-corrected chi connectivity index (χ1v) is 22.2. The first kappa shape index (κ1) is 36.9. The third kappa shape index (κ3) is 6.12. The van der Waals surface area contributed by atoms with Gasteiger partial charge in [0.2, 0.25) is 0 Å². The fourth-order valence-electron chi connectivity index (χ4n) is 10.2. The molecule has 0 aliphatic heterocycles. The SMILES string of the molecule is c1cc(-c2ccc(N(c3cccc(-n4c5ccccc5c5ccccc54)c3)c3ccccc3-c3cccc4oc5cc6ccccc6cc5c34)cc2)cc(-c2cccc3ccccc23)c1. The molecule has 0 saturated heterocycles. The van der Waals surface area contributed by atoms with Crippen molar-refractivity contribution in [1.82, 2.24) is 4.57 Å². The van der Waals surface area contributed by atoms with Gasteiger partial charge in [-0.05, 0) is 122 Å². The second-order valence-corrected chi connectivity index (χ2v) is 16.9. The minimum Gasteiger partial charge on any atom is -0.456 e. The number of fused-ring (bicyclic) bond motifs is 8. The van der Waals surface area contributed by atoms with Crippen LogP contribution < -0.4 is 4.90 Å². The van der Waals surface area contributed by atoms with Gasteiger partial charge in [-0.25, -0.2) is 0 Å². The summed E-state index contributed by atoms with van der Waals surface area (Å²) in [5.74, 6) is 0. The monoisotopic (exact) mass is 828 g/mol. The molecule has 0 amide bonds. The van der Waals surface area contributed by atoms with Crippen molar-refractivity contribution in [3.05, 3.63) is 243 Å². The fourth-order valence-corrected chi connectivity index (χ4v) is 10.2. The van der Waals surface area contributed by atoms with Crippen molar-refractivity contribution in [2.75, 3.05) is 4.90 Å². The number of benzene rings is 11. The zero-order valence-electron chi connectivity index (χ0n) is 35.4. The third-order valence-electron chi connectivity index (χ3n) is 13.1. The molecule has 304 valence electrons. The van der Waals surface area contributed by atoms with Gasteiger partial charge in [0, 0.05) is 44.2 Å². The largest absolute Gasteiger partial charge is 0.456 e. The Hall–Kier alpha value is -8.66. The number of furan rings is 1. The lowest BCUT2D eigenvalue weighted by Crippen LogP contribution is -2.12. The van der Waals surface area contributed by atoms with Gasteiger partial charge < -0.3 is 13.9 Å². The topological polar surface area (TPSA) is 21.3 Å². The summed E-state index contributed by atoms with van der Waals surface area (Å²) in [5, 5.41) is 9.56. The Morgan fingerprint density at radius 3 is 1.74 bits per heavy atom. The maximum Gasteiger partial charge on any atom is 0.136 e. The lowest BCUT2D eigenvalue weighted by molar-refractivity contribution is 0.669. The number of hydrogen-bond acceptors (Lipinski definition) is 2. The molecule has 3 nitrogen and oxygen atoms in total. The van der Waals surface area contributed by atoms with Crippen LogP contribution in [0.4, 0.5) is 17.1 Å². The third-order valence-corrected chi connectivity index (χ3v) is 13.1. The molecule has 11 aromatic carbocycles. The van der Waals surface area contributed by atoms with Gasteiger partial charge >= 0.3 is 0 Å². The summed E-state index contributed by atoms with van der Waals surface area (Å²) in [6.07, 6.45) is 0. The van der Waals surface area contributed by atoms with Crippen molar-refractivity contribution in [2.24, 2.45) is 0 Å². The van der Waals surface area contributed by atoms with E-state index >= 15 is 0 Å². The summed E-state index contributed by atoms with van der Waals surface area (Å²) in [4.78, 5) is 2.42. The smallest absolute Gasteiger partial charge is 0.136 e. The number of anilines is 3. The molecule has 0 bridgehead atoms. The molecule has 0 spiro atoms. The molecule has 0 aliphatic rings. The van der Waals surface area contributed by atoms with Crippen LogP contribution in [0.2, 0.25) is 0 Å². The second-order valence-electron chi connectivity index (χ2n) is 16.9. The molecular formula is C62H40N2O. The standard InChI is InChI=1S/C62H40N2O/c1-2-17-45-39-61-56(38-44(45)16-1)62-55(28-14-32-60(62)65-61)54-26-7-8-29-57(54)63(48-21-13-22-49(40-48)64-58-30-9-5-24-52(58)53-25-6-10-31-59(53)64)47-35-33-41(34-36-47)43-19-11-20-46(37-43)51-27-12-18-42-15-3-4-23-50(42)51/h1-40H. The lowest BCUT2D eigenvalue weighted by Gasteiger charge is -2.29. The number of rotatable bonds is 7. The average Bonchev–Trinajstić information content (AvgIpc) is 3.91. The van der Waals surface area contributed by atoms with Crippen LogP contribution in [0.15, 0.2) is 247 Å². The van der Waals surface area contributed by atoms with Crippen LogP contribution in [0.25, 0.3) is 104 Å². The van der Waals surface area contributed by atoms with Crippen LogP contribution in [0.1, 0.15) is 0 Å². The van der Waals surface area contributed by atoms with Gasteiger partial charge in [-0.15, -0.1) is 0 Å². The van der Waals surface area contributed by atoms with Gasteiger partial charge in [-0.1, -0.05) is 170 Å². The van der Waals surface area contributed by atoms with E-state index in [1.807, 2.05) is 0 Å². The molecule has 0 saturated carbocycles. The van der Waals surface area contributed by atoms with E-state index in [4.69, 9.17) is 4.42 Å². The van der Waals surface area contributed by atoms with Crippen LogP contribution in [0.3, 0.4) is 0 Å². The molecule has 3 heteroatoms. The summed E-state index contributed by atoms with van der Waals surface area (Å²) in [6, 6.07) is 87.8. The van der Waals surface area contributed by atoms with Crippen molar-refractivity contribution in [3.63, 3.8) is 0 Å². The first-order chi connectivity index (χ1) is 32.2. The molecule has 13 aromatic rings. The average molecular weight is 829 g/mol. The van der Waals surface area contributed by atoms with E-state index in [0.29, 0.717) is 0 Å². The molecule has 0 N–H and O–H groups in total. The zero-order chi connectivity index (χ0) is 42.8. The molecule has 0 aliphatic carbocycles. The van der Waals surface area contributed by atoms with Crippen LogP contribution in [0, 0.1) is 0 Å². The Morgan fingerprint density at radius 1 is 0.323 bits per heavy atom. The van der Waals surface area contributed by atoms with Crippen LogP contribution in [0.5, 0.6) is 0 Å². The van der Waals surface area contributed by atoms with E-state index in [1.165, 1.54) is 60.0 Å². The lowest BCUT2D eigenvalue weighted by atomic mass is 9.95. The number of nitrogens with zero attached hydrogens (tertiary/aromatic N) is 2. The Balaban J connectivity index is 0.993. The summed E-state index contributed by atoms with van der Waals surface area (Å²) in [6.45, 7) is 0. The van der Waals surface area contributed by atoms with E-state index in [1.54, 1.807) is 0 Å². The van der Waals surface area contributed by atoms with E-state index < -0.39 is 0 Å². The molecule has 0 radical (unpaired) electrons. The van der Waals surface area contributed by atoms with Crippen LogP contribution in [-0.4, -0.2) is 4.57 Å². The highest BCUT2D eigenvalue weighted by atomic mass is 16.3. The minimum atomic E-state index is 0.873. The highest BCUT2D eigenvalue weighted by Gasteiger charge is 2.22. The molecule has 2 aromatic heterocycles. The van der Waals surface area contributed by atoms with Gasteiger partial charge in [0.15, 0.2) is 0 Å². The van der Waals surface area contributed by atoms with E-state index in [9.17, 15) is 0 Å². The quantitative estimate of drug-likeness (QED) is 0.160. The fraction of sp³-hybridized carbons (Fsp3) is 0. The first-order valence-electron chi connectivity index (χ1n) is 22.2. The Kier molecular flexibility index (Phi) is 8.53. The second kappa shape index (κ2) is 15.0. The predicted octanol–water partition coefficient (Wildman–Crippen LogP) is 17.5. The molecule has 65 heavy (non-hydrogen) atoms. The van der Waals surface area contributed by atoms with Gasteiger partial charge in [0.05, 0.1) is 16.7 Å². The highest BCUT2D eigenvalue weighted by molar-refractivity contribution is 6.17. The number of hydrogen-bond donors (Lipinski definition) is 0. The minimum absolute atomic E-state index is 0.873. The van der Waals surface area contributed by atoms with Crippen molar-refractivity contribution in [3.8, 4) is 39.1 Å². The molecule has 2 heterocycles. The Bertz CT molecular complexity index is 3910. The van der Waals surface area contributed by atoms with Crippen molar-refractivity contribution in [2.45, 2.75) is 0 Å². The molecule has 0 fully saturated rings. The van der Waals surface area contributed by atoms with Crippen molar-refractivity contribution < 1.29 is 4.42 Å². The van der Waals surface area contributed by atoms with Gasteiger partial charge in [-0.3, -0.25) is 0 Å². The molecule has 0 unspecified atom stereocenters. The maximum absolute atomic E-state index is 6.62. The Morgan fingerprint density at radius 2 is 0.923 bits per heavy atom. The highest BCUT2D eigenvalue weighted by Crippen LogP contribution is 2.46.